The van der Waals surface area contributed by atoms with Crippen LogP contribution in [0.2, 0.25) is 0 Å². The van der Waals surface area contributed by atoms with Crippen molar-refractivity contribution in [1.29, 1.82) is 0 Å². The molecule has 0 aliphatic heterocycles. The maximum Gasteiger partial charge on any atom is 0.0616 e. The van der Waals surface area contributed by atoms with Crippen LogP contribution in [0, 0.1) is 0 Å². The van der Waals surface area contributed by atoms with Crippen LogP contribution >= 0.6 is 0 Å². The lowest BCUT2D eigenvalue weighted by molar-refractivity contribution is 0.148. The van der Waals surface area contributed by atoms with E-state index in [9.17, 15) is 0 Å². The third-order valence-corrected chi connectivity index (χ3v) is 2.45. The fourth-order valence-electron chi connectivity index (χ4n) is 1.53. The molecule has 5 nitrogen and oxygen atoms in total. The number of nitrogens with one attached hydrogen (secondary N) is 1. The van der Waals surface area contributed by atoms with Crippen LogP contribution in [0.5, 0.6) is 0 Å². The van der Waals surface area contributed by atoms with E-state index in [0.29, 0.717) is 13.0 Å². The van der Waals surface area contributed by atoms with Gasteiger partial charge in [0.2, 0.25) is 0 Å². The molecule has 0 spiro atoms. The summed E-state index contributed by atoms with van der Waals surface area (Å²) >= 11 is 0. The largest absolute Gasteiger partial charge is 0.396 e. The number of aromatic nitrogens is 2. The average Bonchev–Trinajstić information content (AvgIpc) is 2.74. The van der Waals surface area contributed by atoms with Gasteiger partial charge in [-0.25, -0.2) is 0 Å². The predicted octanol–water partition coefficient (Wildman–Crippen LogP) is 0.390. The number of ether oxygens (including phenoxy) is 1. The van der Waals surface area contributed by atoms with Gasteiger partial charge in [-0.2, -0.15) is 5.10 Å². The maximum atomic E-state index is 8.89. The molecule has 0 saturated carbocycles. The highest BCUT2D eigenvalue weighted by Crippen LogP contribution is 1.99. The Bertz CT molecular complexity index is 283. The standard InChI is InChI=1S/C11H21N3O2/c1-3-14-8-10(7-13-14)6-12-11(4-5-15)9-16-2/h7-8,11-12,15H,3-6,9H2,1-2H3. The summed E-state index contributed by atoms with van der Waals surface area (Å²) in [6.45, 7) is 4.49. The van der Waals surface area contributed by atoms with Crippen molar-refractivity contribution in [2.45, 2.75) is 32.5 Å². The first kappa shape index (κ1) is 13.2. The molecule has 5 heteroatoms. The second-order valence-corrected chi connectivity index (χ2v) is 3.75. The van der Waals surface area contributed by atoms with Gasteiger partial charge in [0.25, 0.3) is 0 Å². The van der Waals surface area contributed by atoms with Crippen LogP contribution in [0.25, 0.3) is 0 Å². The van der Waals surface area contributed by atoms with Gasteiger partial charge < -0.3 is 15.2 Å². The molecule has 1 unspecified atom stereocenters. The van der Waals surface area contributed by atoms with E-state index in [4.69, 9.17) is 9.84 Å². The van der Waals surface area contributed by atoms with E-state index in [2.05, 4.69) is 17.3 Å². The molecule has 0 aliphatic rings. The number of aryl methyl sites for hydroxylation is 1. The molecule has 0 bridgehead atoms. The Hall–Kier alpha value is -0.910. The molecular weight excluding hydrogens is 206 g/mol. The highest BCUT2D eigenvalue weighted by Gasteiger charge is 2.07. The highest BCUT2D eigenvalue weighted by molar-refractivity contribution is 5.03. The SMILES string of the molecule is CCn1cc(CNC(CCO)COC)cn1. The Balaban J connectivity index is 2.35. The molecule has 1 aromatic heterocycles. The van der Waals surface area contributed by atoms with Crippen molar-refractivity contribution in [2.24, 2.45) is 0 Å². The van der Waals surface area contributed by atoms with Crippen molar-refractivity contribution in [3.05, 3.63) is 18.0 Å². The van der Waals surface area contributed by atoms with Crippen LogP contribution in [0.1, 0.15) is 18.9 Å². The minimum atomic E-state index is 0.176. The quantitative estimate of drug-likeness (QED) is 0.674. The van der Waals surface area contributed by atoms with Crippen molar-refractivity contribution >= 4 is 0 Å². The van der Waals surface area contributed by atoms with E-state index in [1.165, 1.54) is 0 Å². The smallest absolute Gasteiger partial charge is 0.0616 e. The van der Waals surface area contributed by atoms with Gasteiger partial charge in [0, 0.05) is 44.6 Å². The Kier molecular flexibility index (Phi) is 6.07. The third kappa shape index (κ3) is 4.30. The first-order valence-electron chi connectivity index (χ1n) is 5.64. The van der Waals surface area contributed by atoms with Gasteiger partial charge in [0.05, 0.1) is 12.8 Å². The van der Waals surface area contributed by atoms with Crippen LogP contribution in [0.4, 0.5) is 0 Å². The van der Waals surface area contributed by atoms with Crippen LogP contribution in [0.3, 0.4) is 0 Å². The topological polar surface area (TPSA) is 59.3 Å². The number of aliphatic hydroxyl groups excluding tert-OH is 1. The molecule has 2 N–H and O–H groups in total. The van der Waals surface area contributed by atoms with Crippen molar-refractivity contribution in [1.82, 2.24) is 15.1 Å². The van der Waals surface area contributed by atoms with Gasteiger partial charge in [0.1, 0.15) is 0 Å². The molecule has 16 heavy (non-hydrogen) atoms. The Labute approximate surface area is 96.4 Å². The summed E-state index contributed by atoms with van der Waals surface area (Å²) in [5.74, 6) is 0. The van der Waals surface area contributed by atoms with Gasteiger partial charge in [-0.15, -0.1) is 0 Å². The first-order chi connectivity index (χ1) is 7.80. The van der Waals surface area contributed by atoms with Crippen molar-refractivity contribution in [3.8, 4) is 0 Å². The minimum absolute atomic E-state index is 0.176. The third-order valence-electron chi connectivity index (χ3n) is 2.45. The lowest BCUT2D eigenvalue weighted by Crippen LogP contribution is -2.33. The van der Waals surface area contributed by atoms with Crippen LogP contribution in [-0.2, 0) is 17.8 Å². The van der Waals surface area contributed by atoms with E-state index >= 15 is 0 Å². The van der Waals surface area contributed by atoms with Crippen LogP contribution in [-0.4, -0.2) is 41.3 Å². The van der Waals surface area contributed by atoms with E-state index < -0.39 is 0 Å². The van der Waals surface area contributed by atoms with Crippen molar-refractivity contribution in [3.63, 3.8) is 0 Å². The number of nitrogens with zero attached hydrogens (tertiary/aromatic N) is 2. The molecule has 0 amide bonds. The molecule has 0 radical (unpaired) electrons. The van der Waals surface area contributed by atoms with Gasteiger partial charge in [-0.05, 0) is 13.3 Å². The van der Waals surface area contributed by atoms with Gasteiger partial charge in [-0.1, -0.05) is 0 Å². The zero-order valence-electron chi connectivity index (χ0n) is 10.0. The molecule has 1 heterocycles. The number of hydrogen-bond acceptors (Lipinski definition) is 4. The number of hydrogen-bond donors (Lipinski definition) is 2. The van der Waals surface area contributed by atoms with Gasteiger partial charge >= 0.3 is 0 Å². The summed E-state index contributed by atoms with van der Waals surface area (Å²) in [6.07, 6.45) is 4.59. The second-order valence-electron chi connectivity index (χ2n) is 3.75. The summed E-state index contributed by atoms with van der Waals surface area (Å²) in [5.41, 5.74) is 1.15. The minimum Gasteiger partial charge on any atom is -0.396 e. The number of methoxy groups -OCH3 is 1. The predicted molar refractivity (Wildman–Crippen MR) is 62.1 cm³/mol. The molecule has 0 aromatic carbocycles. The van der Waals surface area contributed by atoms with Gasteiger partial charge in [0.15, 0.2) is 0 Å². The fraction of sp³-hybridized carbons (Fsp3) is 0.727. The van der Waals surface area contributed by atoms with E-state index in [-0.39, 0.29) is 12.6 Å². The monoisotopic (exact) mass is 227 g/mol. The Morgan fingerprint density at radius 2 is 2.44 bits per heavy atom. The first-order valence-corrected chi connectivity index (χ1v) is 5.64. The molecule has 0 aliphatic carbocycles. The summed E-state index contributed by atoms with van der Waals surface area (Å²) in [5, 5.41) is 16.4. The normalized spacial score (nSPS) is 12.9. The van der Waals surface area contributed by atoms with Crippen LogP contribution in [0.15, 0.2) is 12.4 Å². The molecule has 0 saturated heterocycles. The summed E-state index contributed by atoms with van der Waals surface area (Å²) in [7, 11) is 1.67. The zero-order chi connectivity index (χ0) is 11.8. The van der Waals surface area contributed by atoms with E-state index in [0.717, 1.165) is 18.7 Å². The summed E-state index contributed by atoms with van der Waals surface area (Å²) < 4.78 is 6.97. The molecule has 1 rings (SSSR count). The maximum absolute atomic E-state index is 8.89. The highest BCUT2D eigenvalue weighted by atomic mass is 16.5. The Morgan fingerprint density at radius 3 is 3.00 bits per heavy atom. The number of rotatable bonds is 8. The molecular formula is C11H21N3O2. The van der Waals surface area contributed by atoms with Gasteiger partial charge in [-0.3, -0.25) is 4.68 Å². The average molecular weight is 227 g/mol. The van der Waals surface area contributed by atoms with E-state index in [1.807, 2.05) is 17.1 Å². The van der Waals surface area contributed by atoms with Crippen LogP contribution < -0.4 is 5.32 Å². The Morgan fingerprint density at radius 1 is 1.62 bits per heavy atom. The summed E-state index contributed by atoms with van der Waals surface area (Å²) in [6, 6.07) is 0.194. The second kappa shape index (κ2) is 7.38. The zero-order valence-corrected chi connectivity index (χ0v) is 10.0. The molecule has 1 atom stereocenters. The van der Waals surface area contributed by atoms with Crippen molar-refractivity contribution in [2.75, 3.05) is 20.3 Å². The van der Waals surface area contributed by atoms with Crippen molar-refractivity contribution < 1.29 is 9.84 Å². The molecule has 1 aromatic rings. The fourth-order valence-corrected chi connectivity index (χ4v) is 1.53. The summed E-state index contributed by atoms with van der Waals surface area (Å²) in [4.78, 5) is 0. The molecule has 92 valence electrons. The lowest BCUT2D eigenvalue weighted by atomic mass is 10.2. The number of aliphatic hydroxyl groups is 1. The van der Waals surface area contributed by atoms with E-state index in [1.54, 1.807) is 7.11 Å². The molecule has 0 fully saturated rings. The lowest BCUT2D eigenvalue weighted by Gasteiger charge is -2.15.